The molecule has 1 amide bonds. The molecule has 11 heteroatoms. The molecule has 0 aromatic carbocycles. The molecule has 9 nitrogen and oxygen atoms in total. The number of anilines is 1. The highest BCUT2D eigenvalue weighted by atomic mass is 32.2. The molecule has 1 unspecified atom stereocenters. The lowest BCUT2D eigenvalue weighted by Crippen LogP contribution is -2.20. The fraction of sp³-hybridized carbons (Fsp3) is 0.647. The van der Waals surface area contributed by atoms with E-state index in [9.17, 15) is 13.2 Å². The third-order valence-corrected chi connectivity index (χ3v) is 7.83. The topological polar surface area (TPSA) is 123 Å². The van der Waals surface area contributed by atoms with Crippen LogP contribution in [0.3, 0.4) is 0 Å². The summed E-state index contributed by atoms with van der Waals surface area (Å²) in [5, 5.41) is 15.0. The zero-order chi connectivity index (χ0) is 19.7. The van der Waals surface area contributed by atoms with Crippen LogP contribution in [-0.4, -0.2) is 56.5 Å². The lowest BCUT2D eigenvalue weighted by molar-refractivity contribution is -0.113. The Morgan fingerprint density at radius 2 is 2.14 bits per heavy atom. The van der Waals surface area contributed by atoms with Gasteiger partial charge in [-0.05, 0) is 26.2 Å². The maximum absolute atomic E-state index is 12.4. The van der Waals surface area contributed by atoms with Crippen LogP contribution in [0.2, 0.25) is 0 Å². The number of nitrogens with one attached hydrogen (secondary N) is 2. The quantitative estimate of drug-likeness (QED) is 0.680. The summed E-state index contributed by atoms with van der Waals surface area (Å²) in [4.78, 5) is 16.9. The number of aromatic nitrogens is 5. The van der Waals surface area contributed by atoms with Crippen LogP contribution in [-0.2, 0) is 14.6 Å². The van der Waals surface area contributed by atoms with Crippen molar-refractivity contribution < 1.29 is 13.2 Å². The van der Waals surface area contributed by atoms with Crippen molar-refractivity contribution in [2.45, 2.75) is 56.1 Å². The minimum Gasteiger partial charge on any atom is -0.310 e. The van der Waals surface area contributed by atoms with Crippen LogP contribution in [0.15, 0.2) is 11.2 Å². The second kappa shape index (κ2) is 7.86. The standard InChI is InChI=1S/C17H24N6O3S2/c1-11-8-14(23(22-11)13-6-7-28(25,26)10-13)18-15(24)9-27-17-19-16(20-21-17)12-4-2-3-5-12/h8,12-13H,2-7,9-10H2,1H3,(H,18,24)(H,19,20,21). The number of hydrogen-bond donors (Lipinski definition) is 2. The number of H-pyrrole nitrogens is 1. The molecule has 2 aliphatic rings. The van der Waals surface area contributed by atoms with Crippen LogP contribution < -0.4 is 5.32 Å². The van der Waals surface area contributed by atoms with E-state index < -0.39 is 9.84 Å². The van der Waals surface area contributed by atoms with E-state index in [1.165, 1.54) is 24.6 Å². The van der Waals surface area contributed by atoms with Gasteiger partial charge in [0.15, 0.2) is 9.84 Å². The van der Waals surface area contributed by atoms with Crippen molar-refractivity contribution in [3.8, 4) is 0 Å². The maximum Gasteiger partial charge on any atom is 0.235 e. The number of sulfone groups is 1. The highest BCUT2D eigenvalue weighted by Gasteiger charge is 2.31. The number of thioether (sulfide) groups is 1. The molecule has 1 saturated heterocycles. The molecule has 0 spiro atoms. The van der Waals surface area contributed by atoms with E-state index in [2.05, 4.69) is 25.6 Å². The summed E-state index contributed by atoms with van der Waals surface area (Å²) >= 11 is 1.28. The second-order valence-corrected chi connectivity index (χ2v) is 10.7. The Morgan fingerprint density at radius 3 is 2.86 bits per heavy atom. The Hall–Kier alpha value is -1.88. The maximum atomic E-state index is 12.4. The van der Waals surface area contributed by atoms with Crippen LogP contribution in [0.1, 0.15) is 55.6 Å². The van der Waals surface area contributed by atoms with Gasteiger partial charge in [0.05, 0.1) is 29.0 Å². The van der Waals surface area contributed by atoms with Gasteiger partial charge in [-0.15, -0.1) is 5.10 Å². The largest absolute Gasteiger partial charge is 0.310 e. The summed E-state index contributed by atoms with van der Waals surface area (Å²) in [7, 11) is -3.03. The van der Waals surface area contributed by atoms with E-state index in [0.717, 1.165) is 24.4 Å². The van der Waals surface area contributed by atoms with E-state index >= 15 is 0 Å². The average molecular weight is 425 g/mol. The Labute approximate surface area is 168 Å². The normalized spacial score (nSPS) is 22.0. The second-order valence-electron chi connectivity index (χ2n) is 7.49. The summed E-state index contributed by atoms with van der Waals surface area (Å²) < 4.78 is 25.2. The van der Waals surface area contributed by atoms with Gasteiger partial charge in [0, 0.05) is 12.0 Å². The van der Waals surface area contributed by atoms with Crippen molar-refractivity contribution in [1.82, 2.24) is 25.0 Å². The molecule has 1 aliphatic heterocycles. The van der Waals surface area contributed by atoms with Crippen LogP contribution in [0.5, 0.6) is 0 Å². The van der Waals surface area contributed by atoms with E-state index in [1.807, 2.05) is 6.92 Å². The number of aromatic amines is 1. The van der Waals surface area contributed by atoms with Gasteiger partial charge in [0.1, 0.15) is 11.6 Å². The first-order chi connectivity index (χ1) is 13.4. The smallest absolute Gasteiger partial charge is 0.235 e. The molecule has 2 fully saturated rings. The predicted octanol–water partition coefficient (Wildman–Crippen LogP) is 2.06. The van der Waals surface area contributed by atoms with Crippen molar-refractivity contribution in [3.05, 3.63) is 17.6 Å². The Bertz CT molecular complexity index is 961. The molecule has 1 aliphatic carbocycles. The lowest BCUT2D eigenvalue weighted by atomic mass is 10.1. The number of amides is 1. The number of nitrogens with zero attached hydrogens (tertiary/aromatic N) is 4. The van der Waals surface area contributed by atoms with E-state index in [1.54, 1.807) is 10.7 Å². The van der Waals surface area contributed by atoms with Gasteiger partial charge in [-0.3, -0.25) is 9.89 Å². The molecule has 0 radical (unpaired) electrons. The molecule has 2 aromatic rings. The van der Waals surface area contributed by atoms with Gasteiger partial charge in [0.2, 0.25) is 11.1 Å². The van der Waals surface area contributed by atoms with Crippen LogP contribution in [0.4, 0.5) is 5.82 Å². The minimum atomic E-state index is -3.03. The van der Waals surface area contributed by atoms with Gasteiger partial charge < -0.3 is 5.32 Å². The molecule has 0 bridgehead atoms. The number of carbonyl (C=O) groups excluding carboxylic acids is 1. The first kappa shape index (κ1) is 19.4. The molecule has 2 aromatic heterocycles. The number of carbonyl (C=O) groups is 1. The van der Waals surface area contributed by atoms with Crippen molar-refractivity contribution in [1.29, 1.82) is 0 Å². The highest BCUT2D eigenvalue weighted by molar-refractivity contribution is 7.99. The van der Waals surface area contributed by atoms with E-state index in [4.69, 9.17) is 0 Å². The van der Waals surface area contributed by atoms with Gasteiger partial charge in [-0.25, -0.2) is 18.1 Å². The van der Waals surface area contributed by atoms with Crippen LogP contribution in [0, 0.1) is 6.92 Å². The Kier molecular flexibility index (Phi) is 5.46. The van der Waals surface area contributed by atoms with Crippen molar-refractivity contribution >= 4 is 33.3 Å². The summed E-state index contributed by atoms with van der Waals surface area (Å²) in [6, 6.07) is 1.53. The van der Waals surface area contributed by atoms with Crippen molar-refractivity contribution in [3.63, 3.8) is 0 Å². The van der Waals surface area contributed by atoms with E-state index in [-0.39, 0.29) is 29.2 Å². The van der Waals surface area contributed by atoms with Gasteiger partial charge in [-0.1, -0.05) is 24.6 Å². The molecule has 1 saturated carbocycles. The van der Waals surface area contributed by atoms with Gasteiger partial charge >= 0.3 is 0 Å². The lowest BCUT2D eigenvalue weighted by Gasteiger charge is -2.13. The van der Waals surface area contributed by atoms with Crippen LogP contribution in [0.25, 0.3) is 0 Å². The molecule has 152 valence electrons. The zero-order valence-electron chi connectivity index (χ0n) is 15.7. The van der Waals surface area contributed by atoms with Gasteiger partial charge in [-0.2, -0.15) is 5.10 Å². The minimum absolute atomic E-state index is 0.0624. The summed E-state index contributed by atoms with van der Waals surface area (Å²) in [6.07, 6.45) is 5.25. The Morgan fingerprint density at radius 1 is 1.36 bits per heavy atom. The Balaban J connectivity index is 1.35. The molecule has 3 heterocycles. The summed E-state index contributed by atoms with van der Waals surface area (Å²) in [6.45, 7) is 1.82. The molecule has 2 N–H and O–H groups in total. The molecular formula is C17H24N6O3S2. The molecular weight excluding hydrogens is 400 g/mol. The first-order valence-corrected chi connectivity index (χ1v) is 12.3. The first-order valence-electron chi connectivity index (χ1n) is 9.51. The number of hydrogen-bond acceptors (Lipinski definition) is 7. The number of rotatable bonds is 6. The third kappa shape index (κ3) is 4.40. The van der Waals surface area contributed by atoms with Crippen LogP contribution >= 0.6 is 11.8 Å². The highest BCUT2D eigenvalue weighted by Crippen LogP contribution is 2.32. The zero-order valence-corrected chi connectivity index (χ0v) is 17.4. The summed E-state index contributed by atoms with van der Waals surface area (Å²) in [5.74, 6) is 2.11. The summed E-state index contributed by atoms with van der Waals surface area (Å²) in [5.41, 5.74) is 0.738. The van der Waals surface area contributed by atoms with Gasteiger partial charge in [0.25, 0.3) is 0 Å². The van der Waals surface area contributed by atoms with Crippen molar-refractivity contribution in [2.24, 2.45) is 0 Å². The monoisotopic (exact) mass is 424 g/mol. The molecule has 28 heavy (non-hydrogen) atoms. The third-order valence-electron chi connectivity index (χ3n) is 5.24. The number of aryl methyl sites for hydroxylation is 1. The van der Waals surface area contributed by atoms with E-state index in [0.29, 0.717) is 23.3 Å². The SMILES string of the molecule is Cc1cc(NC(=O)CSc2n[nH]c(C3CCCC3)n2)n(C2CCS(=O)(=O)C2)n1. The van der Waals surface area contributed by atoms with Crippen molar-refractivity contribution in [2.75, 3.05) is 22.6 Å². The fourth-order valence-electron chi connectivity index (χ4n) is 3.87. The molecule has 4 rings (SSSR count). The molecule has 1 atom stereocenters. The predicted molar refractivity (Wildman–Crippen MR) is 106 cm³/mol. The average Bonchev–Trinajstić information content (AvgIpc) is 3.39. The fourth-order valence-corrected chi connectivity index (χ4v) is 6.17.